The lowest BCUT2D eigenvalue weighted by Gasteiger charge is -2.22. The summed E-state index contributed by atoms with van der Waals surface area (Å²) in [7, 11) is -0.194. The third-order valence-corrected chi connectivity index (χ3v) is 4.37. The predicted octanol–water partition coefficient (Wildman–Crippen LogP) is 0.942. The fraction of sp³-hybridized carbons (Fsp3) is 0.857. The van der Waals surface area contributed by atoms with Crippen LogP contribution in [0.3, 0.4) is 0 Å². The standard InChI is InChI=1S/C7H15N2OP/c1-2-11-5-3-4-7(10)6-9(11)8/h2-6,8H2,1H3. The van der Waals surface area contributed by atoms with E-state index in [0.29, 0.717) is 12.3 Å². The number of carbonyl (C=O) groups excluding carboxylic acids is 1. The van der Waals surface area contributed by atoms with Crippen LogP contribution in [0.25, 0.3) is 0 Å². The maximum absolute atomic E-state index is 11.0. The Labute approximate surface area is 68.7 Å². The van der Waals surface area contributed by atoms with Gasteiger partial charge in [0.1, 0.15) is 5.78 Å². The summed E-state index contributed by atoms with van der Waals surface area (Å²) < 4.78 is 1.75. The van der Waals surface area contributed by atoms with Gasteiger partial charge in [-0.3, -0.25) is 10.6 Å². The number of carbonyl (C=O) groups is 1. The van der Waals surface area contributed by atoms with Crippen LogP contribution in [0.5, 0.6) is 0 Å². The Morgan fingerprint density at radius 2 is 2.45 bits per heavy atom. The average molecular weight is 174 g/mol. The second-order valence-corrected chi connectivity index (χ2v) is 5.39. The van der Waals surface area contributed by atoms with Crippen molar-refractivity contribution < 1.29 is 4.79 Å². The number of hydrazine groups is 1. The van der Waals surface area contributed by atoms with Gasteiger partial charge in [0.2, 0.25) is 0 Å². The van der Waals surface area contributed by atoms with E-state index in [-0.39, 0.29) is 8.07 Å². The van der Waals surface area contributed by atoms with Crippen molar-refractivity contribution in [2.45, 2.75) is 19.8 Å². The SMILES string of the molecule is CCP1CCCC(=O)CN1N. The van der Waals surface area contributed by atoms with E-state index < -0.39 is 0 Å². The summed E-state index contributed by atoms with van der Waals surface area (Å²) >= 11 is 0. The molecule has 1 unspecified atom stereocenters. The maximum atomic E-state index is 11.0. The maximum Gasteiger partial charge on any atom is 0.148 e. The van der Waals surface area contributed by atoms with Crippen LogP contribution in [0.15, 0.2) is 0 Å². The van der Waals surface area contributed by atoms with Crippen molar-refractivity contribution >= 4 is 13.9 Å². The van der Waals surface area contributed by atoms with E-state index in [9.17, 15) is 4.79 Å². The molecule has 64 valence electrons. The fourth-order valence-corrected chi connectivity index (χ4v) is 3.10. The summed E-state index contributed by atoms with van der Waals surface area (Å²) in [4.78, 5) is 11.0. The van der Waals surface area contributed by atoms with Crippen LogP contribution < -0.4 is 5.84 Å². The molecular weight excluding hydrogens is 159 g/mol. The Morgan fingerprint density at radius 1 is 1.73 bits per heavy atom. The first-order chi connectivity index (χ1) is 5.24. The Hall–Kier alpha value is 0.0200. The molecule has 3 nitrogen and oxygen atoms in total. The topological polar surface area (TPSA) is 46.3 Å². The number of nitrogens with two attached hydrogens (primary N) is 1. The zero-order valence-corrected chi connectivity index (χ0v) is 7.81. The smallest absolute Gasteiger partial charge is 0.148 e. The van der Waals surface area contributed by atoms with Gasteiger partial charge < -0.3 is 0 Å². The first kappa shape index (κ1) is 9.11. The number of hydrogen-bond donors (Lipinski definition) is 1. The average Bonchev–Trinajstić information content (AvgIpc) is 2.11. The number of hydrogen-bond acceptors (Lipinski definition) is 3. The van der Waals surface area contributed by atoms with Gasteiger partial charge in [0.05, 0.1) is 6.54 Å². The summed E-state index contributed by atoms with van der Waals surface area (Å²) in [5.41, 5.74) is 0. The van der Waals surface area contributed by atoms with E-state index in [4.69, 9.17) is 5.84 Å². The molecule has 1 heterocycles. The van der Waals surface area contributed by atoms with E-state index in [2.05, 4.69) is 6.92 Å². The summed E-state index contributed by atoms with van der Waals surface area (Å²) in [6, 6.07) is 0. The van der Waals surface area contributed by atoms with Gasteiger partial charge in [0.15, 0.2) is 0 Å². The molecule has 11 heavy (non-hydrogen) atoms. The molecule has 0 aromatic carbocycles. The van der Waals surface area contributed by atoms with Crippen molar-refractivity contribution in [3.8, 4) is 0 Å². The minimum atomic E-state index is -0.194. The second-order valence-electron chi connectivity index (χ2n) is 2.79. The normalized spacial score (nSPS) is 28.5. The van der Waals surface area contributed by atoms with Crippen molar-refractivity contribution in [3.05, 3.63) is 0 Å². The lowest BCUT2D eigenvalue weighted by atomic mass is 10.2. The van der Waals surface area contributed by atoms with Crippen molar-refractivity contribution in [1.82, 2.24) is 4.78 Å². The third-order valence-electron chi connectivity index (χ3n) is 1.94. The highest BCUT2D eigenvalue weighted by Crippen LogP contribution is 2.39. The highest BCUT2D eigenvalue weighted by Gasteiger charge is 2.19. The molecule has 0 aromatic heterocycles. The molecule has 0 spiro atoms. The second kappa shape index (κ2) is 4.15. The zero-order valence-electron chi connectivity index (χ0n) is 6.92. The predicted molar refractivity (Wildman–Crippen MR) is 47.5 cm³/mol. The van der Waals surface area contributed by atoms with Crippen LogP contribution in [-0.4, -0.2) is 29.4 Å². The summed E-state index contributed by atoms with van der Waals surface area (Å²) in [5, 5.41) is 0. The molecule has 0 amide bonds. The number of Topliss-reactive ketones (excluding diaryl/α,β-unsaturated/α-hetero) is 1. The lowest BCUT2D eigenvalue weighted by Crippen LogP contribution is -2.30. The van der Waals surface area contributed by atoms with Gasteiger partial charge in [0.25, 0.3) is 0 Å². The molecule has 4 heteroatoms. The van der Waals surface area contributed by atoms with E-state index in [1.165, 1.54) is 0 Å². The minimum absolute atomic E-state index is 0.194. The molecule has 0 radical (unpaired) electrons. The monoisotopic (exact) mass is 174 g/mol. The molecule has 1 aliphatic rings. The van der Waals surface area contributed by atoms with Crippen LogP contribution >= 0.6 is 8.07 Å². The Morgan fingerprint density at radius 3 is 3.09 bits per heavy atom. The Kier molecular flexibility index (Phi) is 3.44. The van der Waals surface area contributed by atoms with E-state index in [1.54, 1.807) is 4.78 Å². The van der Waals surface area contributed by atoms with Gasteiger partial charge >= 0.3 is 0 Å². The highest BCUT2D eigenvalue weighted by atomic mass is 31.1. The molecule has 0 aromatic rings. The molecule has 0 bridgehead atoms. The van der Waals surface area contributed by atoms with Gasteiger partial charge in [-0.1, -0.05) is 6.92 Å². The van der Waals surface area contributed by atoms with E-state index in [0.717, 1.165) is 25.2 Å². The van der Waals surface area contributed by atoms with Crippen LogP contribution in [0.2, 0.25) is 0 Å². The first-order valence-corrected chi connectivity index (χ1v) is 5.69. The Balaban J connectivity index is 2.50. The van der Waals surface area contributed by atoms with Gasteiger partial charge in [-0.2, -0.15) is 0 Å². The number of ketones is 1. The molecule has 1 rings (SSSR count). The Bertz CT molecular complexity index is 151. The van der Waals surface area contributed by atoms with Crippen molar-refractivity contribution in [1.29, 1.82) is 0 Å². The summed E-state index contributed by atoms with van der Waals surface area (Å²) in [6.07, 6.45) is 4.01. The zero-order chi connectivity index (χ0) is 8.27. The largest absolute Gasteiger partial charge is 0.298 e. The van der Waals surface area contributed by atoms with Crippen molar-refractivity contribution in [2.24, 2.45) is 5.84 Å². The molecule has 0 aliphatic carbocycles. The molecule has 1 fully saturated rings. The molecule has 1 saturated heterocycles. The van der Waals surface area contributed by atoms with Crippen molar-refractivity contribution in [2.75, 3.05) is 18.9 Å². The van der Waals surface area contributed by atoms with Gasteiger partial charge in [-0.15, -0.1) is 0 Å². The number of rotatable bonds is 1. The first-order valence-electron chi connectivity index (χ1n) is 4.03. The van der Waals surface area contributed by atoms with Crippen LogP contribution in [0.4, 0.5) is 0 Å². The van der Waals surface area contributed by atoms with Gasteiger partial charge in [-0.05, 0) is 26.8 Å². The summed E-state index contributed by atoms with van der Waals surface area (Å²) in [5.74, 6) is 6.02. The molecule has 1 atom stereocenters. The molecular formula is C7H15N2OP. The molecule has 2 N–H and O–H groups in total. The highest BCUT2D eigenvalue weighted by molar-refractivity contribution is 7.55. The number of nitrogens with zero attached hydrogens (tertiary/aromatic N) is 1. The van der Waals surface area contributed by atoms with Crippen LogP contribution in [0.1, 0.15) is 19.8 Å². The minimum Gasteiger partial charge on any atom is -0.298 e. The van der Waals surface area contributed by atoms with Crippen LogP contribution in [-0.2, 0) is 4.79 Å². The van der Waals surface area contributed by atoms with Gasteiger partial charge in [-0.25, -0.2) is 4.78 Å². The lowest BCUT2D eigenvalue weighted by molar-refractivity contribution is -0.119. The van der Waals surface area contributed by atoms with Gasteiger partial charge in [0, 0.05) is 6.42 Å². The van der Waals surface area contributed by atoms with E-state index >= 15 is 0 Å². The fourth-order valence-electron chi connectivity index (χ4n) is 1.29. The van der Waals surface area contributed by atoms with E-state index in [1.807, 2.05) is 0 Å². The molecule has 1 aliphatic heterocycles. The third kappa shape index (κ3) is 2.51. The van der Waals surface area contributed by atoms with Crippen molar-refractivity contribution in [3.63, 3.8) is 0 Å². The summed E-state index contributed by atoms with van der Waals surface area (Å²) in [6.45, 7) is 2.61. The molecule has 0 saturated carbocycles. The quantitative estimate of drug-likeness (QED) is 0.475. The van der Waals surface area contributed by atoms with Crippen LogP contribution in [0, 0.1) is 0 Å².